The largest absolute Gasteiger partial charge is 0.497 e. The van der Waals surface area contributed by atoms with E-state index < -0.39 is 0 Å². The van der Waals surface area contributed by atoms with Gasteiger partial charge >= 0.3 is 0 Å². The molecule has 1 heterocycles. The van der Waals surface area contributed by atoms with Gasteiger partial charge < -0.3 is 14.4 Å². The van der Waals surface area contributed by atoms with Gasteiger partial charge in [0.05, 0.1) is 13.7 Å². The Kier molecular flexibility index (Phi) is 8.27. The van der Waals surface area contributed by atoms with Crippen LogP contribution < -0.4 is 9.47 Å². The van der Waals surface area contributed by atoms with E-state index in [1.165, 1.54) is 30.5 Å². The smallest absolute Gasteiger partial charge is 0.122 e. The van der Waals surface area contributed by atoms with Gasteiger partial charge in [0.15, 0.2) is 0 Å². The zero-order chi connectivity index (χ0) is 17.5. The van der Waals surface area contributed by atoms with Crippen LogP contribution in [0.15, 0.2) is 48.5 Å². The van der Waals surface area contributed by atoms with Crippen molar-refractivity contribution in [3.05, 3.63) is 59.7 Å². The second-order valence-electron chi connectivity index (χ2n) is 6.87. The second-order valence-corrected chi connectivity index (χ2v) is 6.87. The number of nitrogens with zero attached hydrogens (tertiary/aromatic N) is 1. The van der Waals surface area contributed by atoms with E-state index in [0.717, 1.165) is 37.4 Å². The maximum absolute atomic E-state index is 6.13. The Morgan fingerprint density at radius 1 is 1.08 bits per heavy atom. The summed E-state index contributed by atoms with van der Waals surface area (Å²) in [6.07, 6.45) is 5.70. The number of likely N-dealkylation sites (tertiary alicyclic amines) is 1. The van der Waals surface area contributed by atoms with Crippen molar-refractivity contribution in [1.29, 1.82) is 0 Å². The van der Waals surface area contributed by atoms with Crippen molar-refractivity contribution in [2.75, 3.05) is 27.3 Å². The third-order valence-corrected chi connectivity index (χ3v) is 5.17. The van der Waals surface area contributed by atoms with Crippen LogP contribution in [0, 0.1) is 0 Å². The van der Waals surface area contributed by atoms with E-state index in [-0.39, 0.29) is 12.4 Å². The maximum Gasteiger partial charge on any atom is 0.122 e. The molecule has 0 aromatic heterocycles. The highest BCUT2D eigenvalue weighted by molar-refractivity contribution is 5.85. The van der Waals surface area contributed by atoms with Gasteiger partial charge in [-0.15, -0.1) is 12.4 Å². The summed E-state index contributed by atoms with van der Waals surface area (Å²) in [4.78, 5) is 2.46. The predicted octanol–water partition coefficient (Wildman–Crippen LogP) is 4.77. The minimum absolute atomic E-state index is 0. The third kappa shape index (κ3) is 5.65. The van der Waals surface area contributed by atoms with E-state index in [1.54, 1.807) is 7.11 Å². The Hall–Kier alpha value is -1.71. The van der Waals surface area contributed by atoms with Gasteiger partial charge in [-0.1, -0.05) is 30.3 Å². The normalized spacial score (nSPS) is 16.9. The van der Waals surface area contributed by atoms with Crippen molar-refractivity contribution >= 4 is 12.4 Å². The van der Waals surface area contributed by atoms with E-state index in [1.807, 2.05) is 6.07 Å². The Bertz CT molecular complexity index is 677. The highest BCUT2D eigenvalue weighted by Gasteiger charge is 2.20. The SMILES string of the molecule is COc1cccc(CCc2ccccc2OCC[C@H]2CCCN2C)c1.Cl. The van der Waals surface area contributed by atoms with Crippen LogP contribution in [0.25, 0.3) is 0 Å². The molecular formula is C22H30ClNO2. The Morgan fingerprint density at radius 3 is 2.69 bits per heavy atom. The molecule has 1 aliphatic rings. The van der Waals surface area contributed by atoms with Gasteiger partial charge in [0.25, 0.3) is 0 Å². The highest BCUT2D eigenvalue weighted by atomic mass is 35.5. The average molecular weight is 376 g/mol. The topological polar surface area (TPSA) is 21.7 Å². The molecule has 142 valence electrons. The van der Waals surface area contributed by atoms with Crippen LogP contribution in [0.3, 0.4) is 0 Å². The molecule has 1 fully saturated rings. The van der Waals surface area contributed by atoms with E-state index >= 15 is 0 Å². The van der Waals surface area contributed by atoms with Gasteiger partial charge in [-0.25, -0.2) is 0 Å². The molecule has 3 nitrogen and oxygen atoms in total. The van der Waals surface area contributed by atoms with Gasteiger partial charge in [0, 0.05) is 6.04 Å². The molecule has 0 aliphatic carbocycles. The first-order valence-electron chi connectivity index (χ1n) is 9.30. The number of methoxy groups -OCH3 is 1. The lowest BCUT2D eigenvalue weighted by atomic mass is 10.0. The van der Waals surface area contributed by atoms with Crippen molar-refractivity contribution in [3.63, 3.8) is 0 Å². The summed E-state index contributed by atoms with van der Waals surface area (Å²) in [5, 5.41) is 0. The van der Waals surface area contributed by atoms with Crippen LogP contribution in [0.1, 0.15) is 30.4 Å². The molecule has 0 amide bonds. The van der Waals surface area contributed by atoms with Gasteiger partial charge in [-0.3, -0.25) is 0 Å². The molecule has 0 radical (unpaired) electrons. The average Bonchev–Trinajstić information content (AvgIpc) is 3.06. The fourth-order valence-corrected chi connectivity index (χ4v) is 3.61. The van der Waals surface area contributed by atoms with Crippen LogP contribution in [0.4, 0.5) is 0 Å². The van der Waals surface area contributed by atoms with Crippen LogP contribution in [-0.2, 0) is 12.8 Å². The number of aryl methyl sites for hydroxylation is 2. The minimum Gasteiger partial charge on any atom is -0.497 e. The Labute approximate surface area is 163 Å². The van der Waals surface area contributed by atoms with Gasteiger partial charge in [-0.2, -0.15) is 0 Å². The molecule has 0 unspecified atom stereocenters. The third-order valence-electron chi connectivity index (χ3n) is 5.17. The fraction of sp³-hybridized carbons (Fsp3) is 0.455. The van der Waals surface area contributed by atoms with Crippen molar-refractivity contribution in [3.8, 4) is 11.5 Å². The van der Waals surface area contributed by atoms with Crippen LogP contribution in [-0.4, -0.2) is 38.3 Å². The number of hydrogen-bond donors (Lipinski definition) is 0. The maximum atomic E-state index is 6.13. The Morgan fingerprint density at radius 2 is 1.92 bits per heavy atom. The number of rotatable bonds is 8. The molecule has 0 spiro atoms. The summed E-state index contributed by atoms with van der Waals surface area (Å²) in [7, 11) is 3.93. The number of hydrogen-bond acceptors (Lipinski definition) is 3. The Balaban J connectivity index is 0.00000243. The van der Waals surface area contributed by atoms with Crippen molar-refractivity contribution in [2.24, 2.45) is 0 Å². The molecule has 2 aromatic rings. The number of para-hydroxylation sites is 1. The molecule has 1 atom stereocenters. The fourth-order valence-electron chi connectivity index (χ4n) is 3.61. The molecule has 4 heteroatoms. The molecule has 0 N–H and O–H groups in total. The van der Waals surface area contributed by atoms with Crippen molar-refractivity contribution in [2.45, 2.75) is 38.1 Å². The minimum atomic E-state index is 0. The first kappa shape index (κ1) is 20.6. The lowest BCUT2D eigenvalue weighted by Gasteiger charge is -2.20. The summed E-state index contributed by atoms with van der Waals surface area (Å²) < 4.78 is 11.4. The zero-order valence-corrected chi connectivity index (χ0v) is 16.6. The molecule has 0 saturated carbocycles. The van der Waals surface area contributed by atoms with Crippen LogP contribution >= 0.6 is 12.4 Å². The molecule has 3 rings (SSSR count). The monoisotopic (exact) mass is 375 g/mol. The molecule has 26 heavy (non-hydrogen) atoms. The number of ether oxygens (including phenoxy) is 2. The van der Waals surface area contributed by atoms with Gasteiger partial charge in [0.1, 0.15) is 11.5 Å². The van der Waals surface area contributed by atoms with E-state index in [9.17, 15) is 0 Å². The number of halogens is 1. The van der Waals surface area contributed by atoms with Crippen molar-refractivity contribution in [1.82, 2.24) is 4.90 Å². The predicted molar refractivity (Wildman–Crippen MR) is 110 cm³/mol. The lowest BCUT2D eigenvalue weighted by Crippen LogP contribution is -2.26. The molecule has 2 aromatic carbocycles. The molecular weight excluding hydrogens is 346 g/mol. The summed E-state index contributed by atoms with van der Waals surface area (Å²) in [5.74, 6) is 1.95. The van der Waals surface area contributed by atoms with Gasteiger partial charge in [0.2, 0.25) is 0 Å². The van der Waals surface area contributed by atoms with Gasteiger partial charge in [-0.05, 0) is 75.0 Å². The van der Waals surface area contributed by atoms with Crippen molar-refractivity contribution < 1.29 is 9.47 Å². The summed E-state index contributed by atoms with van der Waals surface area (Å²) in [6.45, 7) is 2.02. The summed E-state index contributed by atoms with van der Waals surface area (Å²) in [5.41, 5.74) is 2.58. The summed E-state index contributed by atoms with van der Waals surface area (Å²) >= 11 is 0. The first-order valence-corrected chi connectivity index (χ1v) is 9.30. The van der Waals surface area contributed by atoms with E-state index in [4.69, 9.17) is 9.47 Å². The molecule has 1 aliphatic heterocycles. The second kappa shape index (κ2) is 10.4. The highest BCUT2D eigenvalue weighted by Crippen LogP contribution is 2.23. The molecule has 1 saturated heterocycles. The first-order chi connectivity index (χ1) is 12.3. The molecule has 0 bridgehead atoms. The van der Waals surface area contributed by atoms with Crippen LogP contribution in [0.2, 0.25) is 0 Å². The standard InChI is InChI=1S/C22H29NO2.ClH/c1-23-15-6-9-20(23)14-16-25-22-11-4-3-8-19(22)13-12-18-7-5-10-21(17-18)24-2;/h3-5,7-8,10-11,17,20H,6,9,12-16H2,1-2H3;1H/t20-;/m1./s1. The van der Waals surface area contributed by atoms with E-state index in [2.05, 4.69) is 54.4 Å². The lowest BCUT2D eigenvalue weighted by molar-refractivity contribution is 0.232. The van der Waals surface area contributed by atoms with Crippen LogP contribution in [0.5, 0.6) is 11.5 Å². The summed E-state index contributed by atoms with van der Waals surface area (Å²) in [6, 6.07) is 17.4. The zero-order valence-electron chi connectivity index (χ0n) is 15.8. The quantitative estimate of drug-likeness (QED) is 0.663. The number of benzene rings is 2. The van der Waals surface area contributed by atoms with E-state index in [0.29, 0.717) is 6.04 Å².